The number of rotatable bonds is 3. The summed E-state index contributed by atoms with van der Waals surface area (Å²) in [6, 6.07) is 10.5. The molecule has 0 saturated carbocycles. The van der Waals surface area contributed by atoms with Crippen LogP contribution >= 0.6 is 35.4 Å². The molecule has 0 bridgehead atoms. The molecule has 0 aromatic heterocycles. The summed E-state index contributed by atoms with van der Waals surface area (Å²) in [6.45, 7) is 1.92. The van der Waals surface area contributed by atoms with E-state index in [9.17, 15) is 0 Å². The Kier molecular flexibility index (Phi) is 4.30. The van der Waals surface area contributed by atoms with Crippen LogP contribution in [0.2, 0.25) is 10.0 Å². The molecule has 0 heterocycles. The molecule has 0 spiro atoms. The summed E-state index contributed by atoms with van der Waals surface area (Å²) >= 11 is 16.8. The Bertz CT molecular complexity index is 623. The molecule has 5 heteroatoms. The molecule has 0 atom stereocenters. The maximum atomic E-state index is 5.92. The highest BCUT2D eigenvalue weighted by atomic mass is 35.5. The second-order valence-electron chi connectivity index (χ2n) is 4.05. The maximum Gasteiger partial charge on any atom is 0.130 e. The van der Waals surface area contributed by atoms with Gasteiger partial charge in [-0.3, -0.25) is 0 Å². The highest BCUT2D eigenvalue weighted by molar-refractivity contribution is 7.80. The molecule has 0 radical (unpaired) electrons. The zero-order chi connectivity index (χ0) is 14.0. The molecule has 0 unspecified atom stereocenters. The van der Waals surface area contributed by atoms with E-state index >= 15 is 0 Å². The van der Waals surface area contributed by atoms with Gasteiger partial charge in [-0.1, -0.05) is 35.4 Å². The van der Waals surface area contributed by atoms with Crippen LogP contribution < -0.4 is 10.5 Å². The topological polar surface area (TPSA) is 35.2 Å². The SMILES string of the molecule is Cc1cc(Oc2cc(Cl)cc(Cl)c2)ccc1C(N)=S. The van der Waals surface area contributed by atoms with Crippen LogP contribution in [0.1, 0.15) is 11.1 Å². The lowest BCUT2D eigenvalue weighted by molar-refractivity contribution is 0.482. The van der Waals surface area contributed by atoms with Gasteiger partial charge in [0, 0.05) is 15.6 Å². The van der Waals surface area contributed by atoms with Gasteiger partial charge < -0.3 is 10.5 Å². The minimum atomic E-state index is 0.370. The molecular formula is C14H11Cl2NOS. The lowest BCUT2D eigenvalue weighted by Crippen LogP contribution is -2.10. The Labute approximate surface area is 127 Å². The van der Waals surface area contributed by atoms with Crippen molar-refractivity contribution in [1.82, 2.24) is 0 Å². The van der Waals surface area contributed by atoms with Crippen molar-refractivity contribution in [1.29, 1.82) is 0 Å². The summed E-state index contributed by atoms with van der Waals surface area (Å²) in [6.07, 6.45) is 0. The third-order valence-electron chi connectivity index (χ3n) is 2.54. The molecule has 2 aromatic rings. The van der Waals surface area contributed by atoms with Gasteiger partial charge >= 0.3 is 0 Å². The highest BCUT2D eigenvalue weighted by Crippen LogP contribution is 2.29. The van der Waals surface area contributed by atoms with Crippen LogP contribution in [0.4, 0.5) is 0 Å². The summed E-state index contributed by atoms with van der Waals surface area (Å²) in [5.41, 5.74) is 7.41. The van der Waals surface area contributed by atoms with E-state index in [1.165, 1.54) is 0 Å². The van der Waals surface area contributed by atoms with E-state index in [-0.39, 0.29) is 0 Å². The van der Waals surface area contributed by atoms with Crippen molar-refractivity contribution in [3.63, 3.8) is 0 Å². The van der Waals surface area contributed by atoms with Crippen LogP contribution in [0.25, 0.3) is 0 Å². The minimum Gasteiger partial charge on any atom is -0.457 e. The van der Waals surface area contributed by atoms with Gasteiger partial charge in [0.1, 0.15) is 16.5 Å². The maximum absolute atomic E-state index is 5.92. The smallest absolute Gasteiger partial charge is 0.130 e. The zero-order valence-electron chi connectivity index (χ0n) is 10.1. The molecule has 2 rings (SSSR count). The van der Waals surface area contributed by atoms with Crippen molar-refractivity contribution < 1.29 is 4.74 Å². The van der Waals surface area contributed by atoms with Crippen LogP contribution in [-0.4, -0.2) is 4.99 Å². The predicted molar refractivity (Wildman–Crippen MR) is 83.6 cm³/mol. The van der Waals surface area contributed by atoms with Crippen LogP contribution in [-0.2, 0) is 0 Å². The summed E-state index contributed by atoms with van der Waals surface area (Å²) < 4.78 is 5.70. The Balaban J connectivity index is 2.28. The molecule has 2 aromatic carbocycles. The van der Waals surface area contributed by atoms with Gasteiger partial charge in [0.2, 0.25) is 0 Å². The van der Waals surface area contributed by atoms with E-state index < -0.39 is 0 Å². The first kappa shape index (κ1) is 14.1. The van der Waals surface area contributed by atoms with Gasteiger partial charge in [-0.2, -0.15) is 0 Å². The fourth-order valence-corrected chi connectivity index (χ4v) is 2.43. The van der Waals surface area contributed by atoms with Crippen LogP contribution in [0.3, 0.4) is 0 Å². The number of hydrogen-bond acceptors (Lipinski definition) is 2. The molecule has 0 aliphatic carbocycles. The van der Waals surface area contributed by atoms with Crippen molar-refractivity contribution in [2.24, 2.45) is 5.73 Å². The average molecular weight is 312 g/mol. The number of aryl methyl sites for hydroxylation is 1. The number of halogens is 2. The average Bonchev–Trinajstić information content (AvgIpc) is 2.26. The highest BCUT2D eigenvalue weighted by Gasteiger charge is 2.05. The summed E-state index contributed by atoms with van der Waals surface area (Å²) in [7, 11) is 0. The minimum absolute atomic E-state index is 0.370. The zero-order valence-corrected chi connectivity index (χ0v) is 12.4. The number of benzene rings is 2. The fourth-order valence-electron chi connectivity index (χ4n) is 1.70. The van der Waals surface area contributed by atoms with Crippen molar-refractivity contribution in [3.05, 3.63) is 57.6 Å². The molecule has 0 aliphatic heterocycles. The van der Waals surface area contributed by atoms with Gasteiger partial charge in [-0.05, 0) is 48.9 Å². The molecule has 2 N–H and O–H groups in total. The fraction of sp³-hybridized carbons (Fsp3) is 0.0714. The van der Waals surface area contributed by atoms with E-state index in [0.717, 1.165) is 11.1 Å². The lowest BCUT2D eigenvalue weighted by atomic mass is 10.1. The molecule has 0 saturated heterocycles. The number of nitrogens with two attached hydrogens (primary N) is 1. The normalized spacial score (nSPS) is 10.3. The monoisotopic (exact) mass is 311 g/mol. The molecule has 0 fully saturated rings. The van der Waals surface area contributed by atoms with Crippen LogP contribution in [0, 0.1) is 6.92 Å². The Morgan fingerprint density at radius 2 is 1.68 bits per heavy atom. The number of ether oxygens (including phenoxy) is 1. The quantitative estimate of drug-likeness (QED) is 0.832. The van der Waals surface area contributed by atoms with Gasteiger partial charge in [-0.25, -0.2) is 0 Å². The molecular weight excluding hydrogens is 301 g/mol. The summed E-state index contributed by atoms with van der Waals surface area (Å²) in [5.74, 6) is 1.26. The van der Waals surface area contributed by atoms with Crippen molar-refractivity contribution in [2.45, 2.75) is 6.92 Å². The van der Waals surface area contributed by atoms with Crippen LogP contribution in [0.5, 0.6) is 11.5 Å². The van der Waals surface area contributed by atoms with E-state index in [1.54, 1.807) is 24.3 Å². The van der Waals surface area contributed by atoms with E-state index in [0.29, 0.717) is 26.5 Å². The van der Waals surface area contributed by atoms with Gasteiger partial charge in [0.05, 0.1) is 0 Å². The van der Waals surface area contributed by atoms with Gasteiger partial charge in [-0.15, -0.1) is 0 Å². The Morgan fingerprint density at radius 1 is 1.05 bits per heavy atom. The largest absolute Gasteiger partial charge is 0.457 e. The van der Waals surface area contributed by atoms with Crippen molar-refractivity contribution >= 4 is 40.4 Å². The molecule has 2 nitrogen and oxygen atoms in total. The molecule has 19 heavy (non-hydrogen) atoms. The van der Waals surface area contributed by atoms with E-state index in [4.69, 9.17) is 45.9 Å². The summed E-state index contributed by atoms with van der Waals surface area (Å²) in [4.78, 5) is 0.370. The van der Waals surface area contributed by atoms with E-state index in [1.807, 2.05) is 19.1 Å². The molecule has 98 valence electrons. The Hall–Kier alpha value is -1.29. The molecule has 0 amide bonds. The third-order valence-corrected chi connectivity index (χ3v) is 3.19. The third kappa shape index (κ3) is 3.60. The van der Waals surface area contributed by atoms with Crippen LogP contribution in [0.15, 0.2) is 36.4 Å². The van der Waals surface area contributed by atoms with Crippen molar-refractivity contribution in [3.8, 4) is 11.5 Å². The van der Waals surface area contributed by atoms with Gasteiger partial charge in [0.25, 0.3) is 0 Å². The number of hydrogen-bond donors (Lipinski definition) is 1. The number of thiocarbonyl (C=S) groups is 1. The van der Waals surface area contributed by atoms with Crippen molar-refractivity contribution in [2.75, 3.05) is 0 Å². The summed E-state index contributed by atoms with van der Waals surface area (Å²) in [5, 5.41) is 1.05. The Morgan fingerprint density at radius 3 is 2.21 bits per heavy atom. The second-order valence-corrected chi connectivity index (χ2v) is 5.36. The standard InChI is InChI=1S/C14H11Cl2NOS/c1-8-4-11(2-3-13(8)14(17)19)18-12-6-9(15)5-10(16)7-12/h2-7H,1H3,(H2,17,19). The predicted octanol–water partition coefficient (Wildman–Crippen LogP) is 4.73. The second kappa shape index (κ2) is 5.78. The first-order valence-corrected chi connectivity index (χ1v) is 6.66. The first-order valence-electron chi connectivity index (χ1n) is 5.50. The van der Waals surface area contributed by atoms with E-state index in [2.05, 4.69) is 0 Å². The van der Waals surface area contributed by atoms with Gasteiger partial charge in [0.15, 0.2) is 0 Å². The first-order chi connectivity index (χ1) is 8.95. The molecule has 0 aliphatic rings. The lowest BCUT2D eigenvalue weighted by Gasteiger charge is -2.09.